The Labute approximate surface area is 334 Å². The van der Waals surface area contributed by atoms with Crippen LogP contribution >= 0.6 is 0 Å². The van der Waals surface area contributed by atoms with Gasteiger partial charge in [0.1, 0.15) is 0 Å². The van der Waals surface area contributed by atoms with Crippen molar-refractivity contribution < 1.29 is 0 Å². The number of rotatable bonds is 9. The number of para-hydroxylation sites is 2. The molecule has 9 aromatic rings. The van der Waals surface area contributed by atoms with E-state index in [4.69, 9.17) is 0 Å². The molecule has 0 aliphatic heterocycles. The topological polar surface area (TPSA) is 14.8 Å². The quantitative estimate of drug-likeness (QED) is 0.131. The lowest BCUT2D eigenvalue weighted by Crippen LogP contribution is -2.02. The summed E-state index contributed by atoms with van der Waals surface area (Å²) in [5, 5.41) is 6.57. The van der Waals surface area contributed by atoms with Gasteiger partial charge in [-0.05, 0) is 134 Å². The summed E-state index contributed by atoms with van der Waals surface area (Å²) in [6, 6.07) is 45.1. The maximum atomic E-state index is 2.50. The number of nitrogens with zero attached hydrogens (tertiary/aromatic N) is 3. The monoisotopic (exact) mass is 737 g/mol. The zero-order valence-corrected chi connectivity index (χ0v) is 33.0. The third-order valence-electron chi connectivity index (χ3n) is 12.0. The number of benzene rings is 6. The second kappa shape index (κ2) is 14.5. The number of aromatic nitrogens is 3. The minimum absolute atomic E-state index is 0.949. The third-order valence-corrected chi connectivity index (χ3v) is 12.0. The molecule has 0 amide bonds. The Morgan fingerprint density at radius 1 is 0.404 bits per heavy atom. The van der Waals surface area contributed by atoms with Crippen molar-refractivity contribution in [2.75, 3.05) is 0 Å². The van der Waals surface area contributed by atoms with Gasteiger partial charge in [0.15, 0.2) is 0 Å². The minimum atomic E-state index is 0.949. The van der Waals surface area contributed by atoms with Crippen molar-refractivity contribution in [2.24, 2.45) is 0 Å². The molecule has 0 unspecified atom stereocenters. The van der Waals surface area contributed by atoms with Crippen LogP contribution < -0.4 is 0 Å². The summed E-state index contributed by atoms with van der Waals surface area (Å²) in [5.41, 5.74) is 16.5. The van der Waals surface area contributed by atoms with Gasteiger partial charge in [-0.1, -0.05) is 103 Å². The van der Waals surface area contributed by atoms with Gasteiger partial charge in [0.05, 0.1) is 0 Å². The minimum Gasteiger partial charge on any atom is -0.344 e. The molecule has 0 saturated carbocycles. The van der Waals surface area contributed by atoms with E-state index in [1.165, 1.54) is 99.2 Å². The SMILES string of the molecule is CCn1c2c(c3cc(/C=C/c4cc(/C=C/c5ccc6c(c5)c5ccccc5n6CC)cc(/C=C/c5ccc6c(c5)c5ccccc5n6CC)c4)ccc31)C=CCC2. The second-order valence-corrected chi connectivity index (χ2v) is 15.3. The fourth-order valence-electron chi connectivity index (χ4n) is 9.39. The van der Waals surface area contributed by atoms with Crippen LogP contribution in [0.2, 0.25) is 0 Å². The zero-order chi connectivity index (χ0) is 38.5. The van der Waals surface area contributed by atoms with Gasteiger partial charge in [-0.15, -0.1) is 0 Å². The smallest absolute Gasteiger partial charge is 0.0491 e. The van der Waals surface area contributed by atoms with Gasteiger partial charge in [-0.25, -0.2) is 0 Å². The molecule has 6 aromatic carbocycles. The molecule has 0 bridgehead atoms. The van der Waals surface area contributed by atoms with Crippen LogP contribution in [0.15, 0.2) is 127 Å². The van der Waals surface area contributed by atoms with Crippen molar-refractivity contribution in [2.45, 2.75) is 53.2 Å². The summed E-state index contributed by atoms with van der Waals surface area (Å²) in [7, 11) is 0. The highest BCUT2D eigenvalue weighted by Crippen LogP contribution is 2.34. The van der Waals surface area contributed by atoms with E-state index < -0.39 is 0 Å². The lowest BCUT2D eigenvalue weighted by molar-refractivity contribution is 0.729. The molecule has 10 rings (SSSR count). The predicted molar refractivity (Wildman–Crippen MR) is 248 cm³/mol. The Balaban J connectivity index is 1.03. The number of hydrogen-bond acceptors (Lipinski definition) is 0. The lowest BCUT2D eigenvalue weighted by atomic mass is 10.00. The largest absolute Gasteiger partial charge is 0.344 e. The lowest BCUT2D eigenvalue weighted by Gasteiger charge is -2.10. The van der Waals surface area contributed by atoms with Crippen LogP contribution in [0.5, 0.6) is 0 Å². The van der Waals surface area contributed by atoms with E-state index in [9.17, 15) is 0 Å². The Bertz CT molecular complexity index is 2980. The van der Waals surface area contributed by atoms with Crippen molar-refractivity contribution in [3.8, 4) is 0 Å². The zero-order valence-electron chi connectivity index (χ0n) is 33.0. The van der Waals surface area contributed by atoms with Crippen molar-refractivity contribution >= 4 is 97.0 Å². The van der Waals surface area contributed by atoms with Crippen LogP contribution in [0.3, 0.4) is 0 Å². The molecule has 1 aliphatic carbocycles. The highest BCUT2D eigenvalue weighted by molar-refractivity contribution is 6.10. The first-order valence-electron chi connectivity index (χ1n) is 20.6. The van der Waals surface area contributed by atoms with E-state index >= 15 is 0 Å². The molecule has 278 valence electrons. The average Bonchev–Trinajstić information content (AvgIpc) is 3.88. The van der Waals surface area contributed by atoms with Crippen LogP contribution in [0.4, 0.5) is 0 Å². The second-order valence-electron chi connectivity index (χ2n) is 15.3. The van der Waals surface area contributed by atoms with Crippen molar-refractivity contribution in [3.63, 3.8) is 0 Å². The first kappa shape index (κ1) is 34.9. The van der Waals surface area contributed by atoms with Gasteiger partial charge in [0.2, 0.25) is 0 Å². The van der Waals surface area contributed by atoms with Crippen LogP contribution in [0.25, 0.3) is 97.0 Å². The summed E-state index contributed by atoms with van der Waals surface area (Å²) in [5.74, 6) is 0. The molecule has 3 heterocycles. The van der Waals surface area contributed by atoms with E-state index in [2.05, 4.69) is 204 Å². The van der Waals surface area contributed by atoms with Crippen LogP contribution in [-0.4, -0.2) is 13.7 Å². The Hall–Kier alpha value is -6.58. The van der Waals surface area contributed by atoms with Gasteiger partial charge in [-0.2, -0.15) is 0 Å². The average molecular weight is 738 g/mol. The molecular weight excluding hydrogens is 691 g/mol. The number of fused-ring (bicyclic) bond motifs is 9. The number of hydrogen-bond donors (Lipinski definition) is 0. The molecule has 0 fully saturated rings. The molecule has 0 atom stereocenters. The molecule has 0 N–H and O–H groups in total. The summed E-state index contributed by atoms with van der Waals surface area (Å²) in [6.07, 6.45) is 20.5. The molecule has 0 saturated heterocycles. The van der Waals surface area contributed by atoms with Crippen LogP contribution in [-0.2, 0) is 26.1 Å². The van der Waals surface area contributed by atoms with Gasteiger partial charge in [0.25, 0.3) is 0 Å². The Morgan fingerprint density at radius 3 is 1.28 bits per heavy atom. The molecule has 3 nitrogen and oxygen atoms in total. The highest BCUT2D eigenvalue weighted by atomic mass is 15.0. The highest BCUT2D eigenvalue weighted by Gasteiger charge is 2.17. The molecular formula is C54H47N3. The van der Waals surface area contributed by atoms with E-state index in [-0.39, 0.29) is 0 Å². The number of allylic oxidation sites excluding steroid dienone is 1. The van der Waals surface area contributed by atoms with Gasteiger partial charge < -0.3 is 13.7 Å². The van der Waals surface area contributed by atoms with Gasteiger partial charge >= 0.3 is 0 Å². The molecule has 3 heteroatoms. The van der Waals surface area contributed by atoms with E-state index in [1.54, 1.807) is 0 Å². The van der Waals surface area contributed by atoms with Crippen LogP contribution in [0.1, 0.15) is 71.8 Å². The van der Waals surface area contributed by atoms with Gasteiger partial charge in [0, 0.05) is 85.4 Å². The standard InChI is InChI=1S/C54H47N3/c1-4-55-49-16-10-7-13-43(49)46-34-37(25-28-52(46)55)19-22-40-31-41(23-20-38-26-29-53-47(35-38)44-14-8-11-17-50(44)56(53)5-2)33-42(32-40)24-21-39-27-30-54-48(36-39)45-15-9-12-18-51(45)57(54)6-3/h7-11,13-17,19-36H,4-6,12,18H2,1-3H3/b22-19+,23-20+,24-21+. The fraction of sp³-hybridized carbons (Fsp3) is 0.148. The summed E-state index contributed by atoms with van der Waals surface area (Å²) < 4.78 is 7.32. The van der Waals surface area contributed by atoms with Gasteiger partial charge in [-0.3, -0.25) is 0 Å². The number of aryl methyl sites for hydroxylation is 3. The van der Waals surface area contributed by atoms with Crippen molar-refractivity contribution in [3.05, 3.63) is 172 Å². The van der Waals surface area contributed by atoms with Crippen molar-refractivity contribution in [1.82, 2.24) is 13.7 Å². The van der Waals surface area contributed by atoms with Crippen LogP contribution in [0, 0.1) is 0 Å². The third kappa shape index (κ3) is 6.15. The summed E-state index contributed by atoms with van der Waals surface area (Å²) in [4.78, 5) is 0. The molecule has 0 spiro atoms. The molecule has 1 aliphatic rings. The van der Waals surface area contributed by atoms with E-state index in [1.807, 2.05) is 0 Å². The summed E-state index contributed by atoms with van der Waals surface area (Å²) >= 11 is 0. The van der Waals surface area contributed by atoms with E-state index in [0.717, 1.165) is 32.5 Å². The first-order chi connectivity index (χ1) is 28.1. The molecule has 3 aromatic heterocycles. The molecule has 0 radical (unpaired) electrons. The Morgan fingerprint density at radius 2 is 0.807 bits per heavy atom. The van der Waals surface area contributed by atoms with E-state index in [0.29, 0.717) is 0 Å². The normalized spacial score (nSPS) is 13.3. The Kier molecular flexibility index (Phi) is 8.87. The summed E-state index contributed by atoms with van der Waals surface area (Å²) in [6.45, 7) is 9.60. The maximum Gasteiger partial charge on any atom is 0.0491 e. The first-order valence-corrected chi connectivity index (χ1v) is 20.6. The predicted octanol–water partition coefficient (Wildman–Crippen LogP) is 14.4. The van der Waals surface area contributed by atoms with Crippen molar-refractivity contribution in [1.29, 1.82) is 0 Å². The molecule has 57 heavy (non-hydrogen) atoms. The fourth-order valence-corrected chi connectivity index (χ4v) is 9.39. The maximum absolute atomic E-state index is 2.50.